The molecule has 0 bridgehead atoms. The Balaban J connectivity index is 4.23. The number of aliphatic carboxylic acids is 1. The fourth-order valence-corrected chi connectivity index (χ4v) is 0.320. The van der Waals surface area contributed by atoms with Crippen molar-refractivity contribution >= 4 is 5.97 Å². The molecule has 0 aliphatic heterocycles. The first-order valence-corrected chi connectivity index (χ1v) is 2.67. The second-order valence-electron chi connectivity index (χ2n) is 2.15. The van der Waals surface area contributed by atoms with Crippen LogP contribution >= 0.6 is 0 Å². The summed E-state index contributed by atoms with van der Waals surface area (Å²) in [5.74, 6) is -1.56. The SMILES string of the molecule is C[C@](O)(C(=O)O)[C@H](O)CO. The number of carbonyl (C=O) groups is 1. The molecular formula is C5H10O5. The molecule has 0 saturated carbocycles. The molecule has 0 rings (SSSR count). The predicted octanol–water partition coefficient (Wildman–Crippen LogP) is -1.82. The number of carboxylic acid groups (broad SMARTS) is 1. The fourth-order valence-electron chi connectivity index (χ4n) is 0.320. The standard InChI is InChI=1S/C5H10O5/c1-5(10,4(8)9)3(7)2-6/h3,6-7,10H,2H2,1H3,(H,8,9)/t3-,5-/m1/s1. The number of rotatable bonds is 3. The Kier molecular flexibility index (Phi) is 2.77. The van der Waals surface area contributed by atoms with E-state index in [2.05, 4.69) is 0 Å². The molecule has 0 radical (unpaired) electrons. The minimum atomic E-state index is -2.27. The first-order chi connectivity index (χ1) is 4.42. The number of hydrogen-bond donors (Lipinski definition) is 4. The van der Waals surface area contributed by atoms with Gasteiger partial charge in [0.2, 0.25) is 0 Å². The number of carboxylic acids is 1. The second-order valence-corrected chi connectivity index (χ2v) is 2.15. The van der Waals surface area contributed by atoms with Gasteiger partial charge in [0.1, 0.15) is 6.10 Å². The number of hydrogen-bond acceptors (Lipinski definition) is 4. The summed E-state index contributed by atoms with van der Waals surface area (Å²) in [5, 5.41) is 34.0. The normalized spacial score (nSPS) is 19.6. The monoisotopic (exact) mass is 150 g/mol. The molecule has 10 heavy (non-hydrogen) atoms. The molecular weight excluding hydrogens is 140 g/mol. The number of aliphatic hydroxyl groups is 3. The maximum Gasteiger partial charge on any atom is 0.338 e. The predicted molar refractivity (Wildman–Crippen MR) is 31.4 cm³/mol. The summed E-state index contributed by atoms with van der Waals surface area (Å²) < 4.78 is 0. The van der Waals surface area contributed by atoms with Gasteiger partial charge in [0, 0.05) is 0 Å². The third-order valence-corrected chi connectivity index (χ3v) is 1.25. The summed E-state index contributed by atoms with van der Waals surface area (Å²) in [4.78, 5) is 10.1. The van der Waals surface area contributed by atoms with E-state index in [9.17, 15) is 4.79 Å². The first kappa shape index (κ1) is 9.35. The van der Waals surface area contributed by atoms with Gasteiger partial charge in [-0.2, -0.15) is 0 Å². The second kappa shape index (κ2) is 2.96. The molecule has 0 aliphatic rings. The van der Waals surface area contributed by atoms with E-state index in [4.69, 9.17) is 20.4 Å². The lowest BCUT2D eigenvalue weighted by Gasteiger charge is -2.22. The highest BCUT2D eigenvalue weighted by Gasteiger charge is 2.37. The molecule has 0 unspecified atom stereocenters. The van der Waals surface area contributed by atoms with E-state index in [0.717, 1.165) is 6.92 Å². The molecule has 0 spiro atoms. The third kappa shape index (κ3) is 1.66. The van der Waals surface area contributed by atoms with Crippen LogP contribution in [0.5, 0.6) is 0 Å². The van der Waals surface area contributed by atoms with Crippen molar-refractivity contribution < 1.29 is 25.2 Å². The molecule has 0 fully saturated rings. The fraction of sp³-hybridized carbons (Fsp3) is 0.800. The van der Waals surface area contributed by atoms with Crippen LogP contribution in [0.3, 0.4) is 0 Å². The van der Waals surface area contributed by atoms with Crippen molar-refractivity contribution in [2.45, 2.75) is 18.6 Å². The van der Waals surface area contributed by atoms with Gasteiger partial charge in [-0.1, -0.05) is 0 Å². The molecule has 0 aromatic heterocycles. The maximum absolute atomic E-state index is 10.1. The molecule has 2 atom stereocenters. The average Bonchev–Trinajstić information content (AvgIpc) is 1.86. The highest BCUT2D eigenvalue weighted by molar-refractivity contribution is 5.77. The molecule has 5 heteroatoms. The minimum Gasteiger partial charge on any atom is -0.479 e. The van der Waals surface area contributed by atoms with Gasteiger partial charge in [-0.05, 0) is 6.92 Å². The van der Waals surface area contributed by atoms with Crippen LogP contribution in [0.15, 0.2) is 0 Å². The minimum absolute atomic E-state index is 0.778. The highest BCUT2D eigenvalue weighted by atomic mass is 16.4. The molecule has 0 heterocycles. The zero-order valence-corrected chi connectivity index (χ0v) is 5.48. The first-order valence-electron chi connectivity index (χ1n) is 2.67. The zero-order valence-electron chi connectivity index (χ0n) is 5.48. The molecule has 0 aromatic carbocycles. The van der Waals surface area contributed by atoms with E-state index in [0.29, 0.717) is 0 Å². The van der Waals surface area contributed by atoms with Crippen LogP contribution in [0, 0.1) is 0 Å². The highest BCUT2D eigenvalue weighted by Crippen LogP contribution is 2.08. The van der Waals surface area contributed by atoms with Gasteiger partial charge in [0.15, 0.2) is 5.60 Å². The molecule has 5 nitrogen and oxygen atoms in total. The largest absolute Gasteiger partial charge is 0.479 e. The topological polar surface area (TPSA) is 98.0 Å². The van der Waals surface area contributed by atoms with Gasteiger partial charge in [0.05, 0.1) is 6.61 Å². The Morgan fingerprint density at radius 2 is 2.10 bits per heavy atom. The van der Waals surface area contributed by atoms with Crippen LogP contribution in [0.1, 0.15) is 6.92 Å². The summed E-state index contributed by atoms with van der Waals surface area (Å²) in [6.07, 6.45) is -1.65. The van der Waals surface area contributed by atoms with Gasteiger partial charge in [0.25, 0.3) is 0 Å². The lowest BCUT2D eigenvalue weighted by Crippen LogP contribution is -2.48. The van der Waals surface area contributed by atoms with Crippen molar-refractivity contribution in [3.8, 4) is 0 Å². The Morgan fingerprint density at radius 3 is 2.20 bits per heavy atom. The zero-order chi connectivity index (χ0) is 8.36. The quantitative estimate of drug-likeness (QED) is 0.379. The Labute approximate surface area is 57.5 Å². The summed E-state index contributed by atoms with van der Waals surface area (Å²) in [7, 11) is 0. The van der Waals surface area contributed by atoms with Crippen LogP contribution in [-0.4, -0.2) is 44.7 Å². The van der Waals surface area contributed by atoms with Gasteiger partial charge in [-0.25, -0.2) is 4.79 Å². The third-order valence-electron chi connectivity index (χ3n) is 1.25. The summed E-state index contributed by atoms with van der Waals surface area (Å²) in [6.45, 7) is 0.134. The van der Waals surface area contributed by atoms with Crippen LogP contribution in [0.2, 0.25) is 0 Å². The average molecular weight is 150 g/mol. The molecule has 60 valence electrons. The van der Waals surface area contributed by atoms with Gasteiger partial charge < -0.3 is 20.4 Å². The van der Waals surface area contributed by atoms with E-state index >= 15 is 0 Å². The lowest BCUT2D eigenvalue weighted by molar-refractivity contribution is -0.171. The Bertz CT molecular complexity index is 130. The smallest absolute Gasteiger partial charge is 0.338 e. The van der Waals surface area contributed by atoms with Gasteiger partial charge >= 0.3 is 5.97 Å². The number of aliphatic hydroxyl groups excluding tert-OH is 2. The maximum atomic E-state index is 10.1. The molecule has 0 saturated heterocycles. The van der Waals surface area contributed by atoms with E-state index < -0.39 is 24.3 Å². The van der Waals surface area contributed by atoms with E-state index in [1.165, 1.54) is 0 Å². The van der Waals surface area contributed by atoms with Crippen molar-refractivity contribution in [3.05, 3.63) is 0 Å². The van der Waals surface area contributed by atoms with Crippen LogP contribution < -0.4 is 0 Å². The van der Waals surface area contributed by atoms with Crippen molar-refractivity contribution in [3.63, 3.8) is 0 Å². The molecule has 0 amide bonds. The summed E-state index contributed by atoms with van der Waals surface area (Å²) >= 11 is 0. The lowest BCUT2D eigenvalue weighted by atomic mass is 10.0. The van der Waals surface area contributed by atoms with Gasteiger partial charge in [-0.15, -0.1) is 0 Å². The summed E-state index contributed by atoms with van der Waals surface area (Å²) in [6, 6.07) is 0. The van der Waals surface area contributed by atoms with E-state index in [-0.39, 0.29) is 0 Å². The van der Waals surface area contributed by atoms with Crippen molar-refractivity contribution in [2.75, 3.05) is 6.61 Å². The van der Waals surface area contributed by atoms with Crippen LogP contribution in [0.4, 0.5) is 0 Å². The van der Waals surface area contributed by atoms with Crippen molar-refractivity contribution in [1.29, 1.82) is 0 Å². The van der Waals surface area contributed by atoms with Crippen LogP contribution in [-0.2, 0) is 4.79 Å². The van der Waals surface area contributed by atoms with E-state index in [1.807, 2.05) is 0 Å². The molecule has 0 aliphatic carbocycles. The van der Waals surface area contributed by atoms with Gasteiger partial charge in [-0.3, -0.25) is 0 Å². The molecule has 0 aromatic rings. The molecule has 4 N–H and O–H groups in total. The summed E-state index contributed by atoms with van der Waals surface area (Å²) in [5.41, 5.74) is -2.27. The van der Waals surface area contributed by atoms with Crippen molar-refractivity contribution in [2.24, 2.45) is 0 Å². The van der Waals surface area contributed by atoms with E-state index in [1.54, 1.807) is 0 Å². The Hall–Kier alpha value is -0.650. The van der Waals surface area contributed by atoms with Crippen molar-refractivity contribution in [1.82, 2.24) is 0 Å². The van der Waals surface area contributed by atoms with Crippen LogP contribution in [0.25, 0.3) is 0 Å². The Morgan fingerprint density at radius 1 is 1.70 bits per heavy atom.